The van der Waals surface area contributed by atoms with E-state index in [0.29, 0.717) is 16.8 Å². The number of benzene rings is 2. The van der Waals surface area contributed by atoms with Gasteiger partial charge in [0.25, 0.3) is 5.91 Å². The van der Waals surface area contributed by atoms with Crippen LogP contribution in [-0.2, 0) is 14.4 Å². The SMILES string of the molecule is CC(C)(CC(=O)O)CC(=O)N1CCN2C(=O)c3cc(-c4ccccc4F)ccc3NC(=O)[C@@H]2C1. The van der Waals surface area contributed by atoms with Crippen LogP contribution in [0.5, 0.6) is 0 Å². The summed E-state index contributed by atoms with van der Waals surface area (Å²) in [4.78, 5) is 53.3. The summed E-state index contributed by atoms with van der Waals surface area (Å²) in [7, 11) is 0. The smallest absolute Gasteiger partial charge is 0.303 e. The van der Waals surface area contributed by atoms with E-state index in [1.165, 1.54) is 15.9 Å². The van der Waals surface area contributed by atoms with Gasteiger partial charge in [-0.2, -0.15) is 0 Å². The highest BCUT2D eigenvalue weighted by Gasteiger charge is 2.41. The number of carboxylic acids is 1. The van der Waals surface area contributed by atoms with E-state index in [4.69, 9.17) is 5.11 Å². The minimum Gasteiger partial charge on any atom is -0.481 e. The monoisotopic (exact) mass is 467 g/mol. The molecule has 2 heterocycles. The first-order chi connectivity index (χ1) is 16.1. The van der Waals surface area contributed by atoms with Crippen LogP contribution in [0.1, 0.15) is 37.0 Å². The maximum atomic E-state index is 14.3. The molecule has 2 aliphatic rings. The lowest BCUT2D eigenvalue weighted by Gasteiger charge is -2.40. The molecule has 0 radical (unpaired) electrons. The van der Waals surface area contributed by atoms with Crippen LogP contribution in [0.3, 0.4) is 0 Å². The molecular weight excluding hydrogens is 441 g/mol. The summed E-state index contributed by atoms with van der Waals surface area (Å²) < 4.78 is 14.3. The first kappa shape index (κ1) is 23.4. The molecule has 0 spiro atoms. The van der Waals surface area contributed by atoms with Gasteiger partial charge in [0.15, 0.2) is 0 Å². The van der Waals surface area contributed by atoms with Crippen molar-refractivity contribution in [2.24, 2.45) is 5.41 Å². The second kappa shape index (κ2) is 8.89. The number of rotatable bonds is 5. The molecular formula is C25H26FN3O5. The lowest BCUT2D eigenvalue weighted by atomic mass is 9.85. The Labute approximate surface area is 196 Å². The molecule has 0 saturated carbocycles. The zero-order valence-electron chi connectivity index (χ0n) is 19.0. The van der Waals surface area contributed by atoms with Gasteiger partial charge in [-0.05, 0) is 29.2 Å². The summed E-state index contributed by atoms with van der Waals surface area (Å²) >= 11 is 0. The number of piperazine rings is 1. The predicted octanol–water partition coefficient (Wildman–Crippen LogP) is 2.99. The number of aliphatic carboxylic acids is 1. The Morgan fingerprint density at radius 3 is 2.53 bits per heavy atom. The molecule has 1 saturated heterocycles. The van der Waals surface area contributed by atoms with E-state index in [1.807, 2.05) is 0 Å². The van der Waals surface area contributed by atoms with E-state index in [9.17, 15) is 23.6 Å². The van der Waals surface area contributed by atoms with Gasteiger partial charge in [-0.15, -0.1) is 0 Å². The standard InChI is InChI=1S/C25H26FN3O5/c1-25(2,13-22(31)32)12-21(30)28-9-10-29-20(14-28)23(33)27-19-8-7-15(11-17(19)24(29)34)16-5-3-4-6-18(16)26/h3-8,11,20H,9-10,12-14H2,1-2H3,(H,27,33)(H,31,32)/t20-/m0/s1. The third-order valence-electron chi connectivity index (χ3n) is 6.25. The third-order valence-corrected chi connectivity index (χ3v) is 6.25. The molecule has 0 aliphatic carbocycles. The van der Waals surface area contributed by atoms with E-state index in [1.54, 1.807) is 50.2 Å². The van der Waals surface area contributed by atoms with Gasteiger partial charge in [0.1, 0.15) is 11.9 Å². The fourth-order valence-corrected chi connectivity index (χ4v) is 4.53. The van der Waals surface area contributed by atoms with Crippen molar-refractivity contribution in [1.29, 1.82) is 0 Å². The van der Waals surface area contributed by atoms with Crippen molar-refractivity contribution >= 4 is 29.4 Å². The molecule has 0 unspecified atom stereocenters. The van der Waals surface area contributed by atoms with E-state index in [2.05, 4.69) is 5.32 Å². The maximum Gasteiger partial charge on any atom is 0.303 e. The molecule has 34 heavy (non-hydrogen) atoms. The second-order valence-corrected chi connectivity index (χ2v) is 9.50. The van der Waals surface area contributed by atoms with E-state index < -0.39 is 29.2 Å². The van der Waals surface area contributed by atoms with Crippen LogP contribution >= 0.6 is 0 Å². The van der Waals surface area contributed by atoms with Crippen LogP contribution in [0.25, 0.3) is 11.1 Å². The van der Waals surface area contributed by atoms with Crippen LogP contribution in [0.4, 0.5) is 10.1 Å². The molecule has 4 rings (SSSR count). The van der Waals surface area contributed by atoms with Crippen molar-refractivity contribution < 1.29 is 28.7 Å². The molecule has 8 nitrogen and oxygen atoms in total. The van der Waals surface area contributed by atoms with Gasteiger partial charge in [0, 0.05) is 25.1 Å². The Balaban J connectivity index is 1.56. The van der Waals surface area contributed by atoms with Crippen LogP contribution in [-0.4, -0.2) is 64.3 Å². The molecule has 2 aliphatic heterocycles. The minimum absolute atomic E-state index is 0.0215. The van der Waals surface area contributed by atoms with Crippen molar-refractivity contribution in [2.75, 3.05) is 25.0 Å². The molecule has 2 aromatic rings. The minimum atomic E-state index is -0.983. The molecule has 178 valence electrons. The zero-order chi connectivity index (χ0) is 24.6. The highest BCUT2D eigenvalue weighted by molar-refractivity contribution is 6.10. The fraction of sp³-hybridized carbons (Fsp3) is 0.360. The average Bonchev–Trinajstić information content (AvgIpc) is 2.87. The number of amides is 3. The van der Waals surface area contributed by atoms with Crippen LogP contribution in [0.2, 0.25) is 0 Å². The molecule has 0 aromatic heterocycles. The van der Waals surface area contributed by atoms with Gasteiger partial charge in [0.05, 0.1) is 24.2 Å². The van der Waals surface area contributed by atoms with Crippen molar-refractivity contribution in [1.82, 2.24) is 9.80 Å². The Bertz CT molecular complexity index is 1180. The van der Waals surface area contributed by atoms with Gasteiger partial charge in [0.2, 0.25) is 11.8 Å². The summed E-state index contributed by atoms with van der Waals surface area (Å²) in [6.07, 6.45) is -0.130. The number of hydrogen-bond acceptors (Lipinski definition) is 4. The number of carbonyl (C=O) groups is 4. The fourth-order valence-electron chi connectivity index (χ4n) is 4.53. The number of nitrogens with zero attached hydrogens (tertiary/aromatic N) is 2. The normalized spacial score (nSPS) is 18.0. The zero-order valence-corrected chi connectivity index (χ0v) is 19.0. The van der Waals surface area contributed by atoms with Crippen LogP contribution < -0.4 is 5.32 Å². The average molecular weight is 467 g/mol. The Hall–Kier alpha value is -3.75. The summed E-state index contributed by atoms with van der Waals surface area (Å²) in [6.45, 7) is 3.83. The molecule has 9 heteroatoms. The van der Waals surface area contributed by atoms with Crippen molar-refractivity contribution in [3.63, 3.8) is 0 Å². The summed E-state index contributed by atoms with van der Waals surface area (Å²) in [5.74, 6) is -2.43. The lowest BCUT2D eigenvalue weighted by Crippen LogP contribution is -2.59. The van der Waals surface area contributed by atoms with Gasteiger partial charge < -0.3 is 20.2 Å². The van der Waals surface area contributed by atoms with E-state index >= 15 is 0 Å². The molecule has 2 aromatic carbocycles. The molecule has 2 N–H and O–H groups in total. The number of carboxylic acid groups (broad SMARTS) is 1. The predicted molar refractivity (Wildman–Crippen MR) is 123 cm³/mol. The quantitative estimate of drug-likeness (QED) is 0.703. The highest BCUT2D eigenvalue weighted by atomic mass is 19.1. The second-order valence-electron chi connectivity index (χ2n) is 9.50. The number of nitrogens with one attached hydrogen (secondary N) is 1. The van der Waals surface area contributed by atoms with Gasteiger partial charge >= 0.3 is 5.97 Å². The Morgan fingerprint density at radius 2 is 1.82 bits per heavy atom. The summed E-state index contributed by atoms with van der Waals surface area (Å²) in [6, 6.07) is 10.2. The lowest BCUT2D eigenvalue weighted by molar-refractivity contribution is -0.141. The van der Waals surface area contributed by atoms with Crippen LogP contribution in [0.15, 0.2) is 42.5 Å². The number of anilines is 1. The number of fused-ring (bicyclic) bond motifs is 2. The molecule has 3 amide bonds. The van der Waals surface area contributed by atoms with Crippen LogP contribution in [0, 0.1) is 11.2 Å². The third kappa shape index (κ3) is 4.64. The van der Waals surface area contributed by atoms with Crippen molar-refractivity contribution in [2.45, 2.75) is 32.7 Å². The van der Waals surface area contributed by atoms with Crippen molar-refractivity contribution in [3.05, 3.63) is 53.8 Å². The molecule has 0 bridgehead atoms. The maximum absolute atomic E-state index is 14.3. The first-order valence-corrected chi connectivity index (χ1v) is 11.1. The van der Waals surface area contributed by atoms with E-state index in [-0.39, 0.29) is 49.9 Å². The van der Waals surface area contributed by atoms with Crippen molar-refractivity contribution in [3.8, 4) is 11.1 Å². The number of carbonyl (C=O) groups excluding carboxylic acids is 3. The molecule has 1 fully saturated rings. The highest BCUT2D eigenvalue weighted by Crippen LogP contribution is 2.32. The number of hydrogen-bond donors (Lipinski definition) is 2. The Morgan fingerprint density at radius 1 is 1.09 bits per heavy atom. The van der Waals surface area contributed by atoms with Gasteiger partial charge in [-0.3, -0.25) is 19.2 Å². The summed E-state index contributed by atoms with van der Waals surface area (Å²) in [5, 5.41) is 11.8. The van der Waals surface area contributed by atoms with E-state index in [0.717, 1.165) is 0 Å². The topological polar surface area (TPSA) is 107 Å². The summed E-state index contributed by atoms with van der Waals surface area (Å²) in [5.41, 5.74) is 0.738. The molecule has 1 atom stereocenters. The largest absolute Gasteiger partial charge is 0.481 e. The number of halogens is 1. The van der Waals surface area contributed by atoms with Gasteiger partial charge in [-0.25, -0.2) is 4.39 Å². The first-order valence-electron chi connectivity index (χ1n) is 11.1. The van der Waals surface area contributed by atoms with Gasteiger partial charge in [-0.1, -0.05) is 38.1 Å². The Kier molecular flexibility index (Phi) is 6.12.